The summed E-state index contributed by atoms with van der Waals surface area (Å²) in [6.07, 6.45) is -3.85. The molecule has 0 aromatic heterocycles. The fourth-order valence-corrected chi connectivity index (χ4v) is 1.71. The number of hydrogen-bond acceptors (Lipinski definition) is 5. The zero-order chi connectivity index (χ0) is 13.7. The summed E-state index contributed by atoms with van der Waals surface area (Å²) in [7, 11) is 0. The van der Waals surface area contributed by atoms with Crippen LogP contribution in [0.1, 0.15) is 11.1 Å². The van der Waals surface area contributed by atoms with Crippen molar-refractivity contribution in [1.29, 1.82) is 0 Å². The lowest BCUT2D eigenvalue weighted by Gasteiger charge is -2.22. The van der Waals surface area contributed by atoms with Crippen LogP contribution >= 0.6 is 0 Å². The Labute approximate surface area is 107 Å². The first-order valence-electron chi connectivity index (χ1n) is 5.92. The Kier molecular flexibility index (Phi) is 5.55. The summed E-state index contributed by atoms with van der Waals surface area (Å²) in [5, 5.41) is 40.0. The van der Waals surface area contributed by atoms with Gasteiger partial charge in [0.15, 0.2) is 0 Å². The van der Waals surface area contributed by atoms with Gasteiger partial charge in [0, 0.05) is 12.2 Å². The molecule has 0 aliphatic heterocycles. The first kappa shape index (κ1) is 14.9. The molecule has 0 unspecified atom stereocenters. The Morgan fingerprint density at radius 2 is 1.78 bits per heavy atom. The van der Waals surface area contributed by atoms with Crippen molar-refractivity contribution in [3.05, 3.63) is 29.3 Å². The Balaban J connectivity index is 2.54. The van der Waals surface area contributed by atoms with E-state index in [1.807, 2.05) is 32.0 Å². The van der Waals surface area contributed by atoms with Crippen molar-refractivity contribution in [3.8, 4) is 0 Å². The van der Waals surface area contributed by atoms with Gasteiger partial charge in [-0.2, -0.15) is 0 Å². The average molecular weight is 255 g/mol. The summed E-state index contributed by atoms with van der Waals surface area (Å²) in [5.41, 5.74) is 3.05. The minimum atomic E-state index is -1.37. The molecule has 5 nitrogen and oxygen atoms in total. The van der Waals surface area contributed by atoms with E-state index in [4.69, 9.17) is 5.11 Å². The normalized spacial score (nSPS) is 16.1. The Morgan fingerprint density at radius 1 is 1.11 bits per heavy atom. The highest BCUT2D eigenvalue weighted by Gasteiger charge is 2.23. The molecule has 0 aliphatic carbocycles. The molecule has 0 saturated carbocycles. The average Bonchev–Trinajstić information content (AvgIpc) is 2.35. The van der Waals surface area contributed by atoms with Gasteiger partial charge in [0.25, 0.3) is 0 Å². The molecule has 0 saturated heterocycles. The monoisotopic (exact) mass is 255 g/mol. The number of aryl methyl sites for hydroxylation is 2. The highest BCUT2D eigenvalue weighted by Crippen LogP contribution is 2.16. The van der Waals surface area contributed by atoms with E-state index in [1.54, 1.807) is 0 Å². The van der Waals surface area contributed by atoms with Gasteiger partial charge in [-0.1, -0.05) is 17.7 Å². The number of nitrogens with one attached hydrogen (secondary N) is 1. The minimum Gasteiger partial charge on any atom is -0.394 e. The predicted octanol–water partition coefficient (Wildman–Crippen LogP) is -0.210. The SMILES string of the molecule is Cc1ccc(NC[C@@H](O)[C@@H](O)[C@H](O)CO)c(C)c1. The van der Waals surface area contributed by atoms with Gasteiger partial charge in [-0.25, -0.2) is 0 Å². The lowest BCUT2D eigenvalue weighted by Crippen LogP contribution is -2.42. The maximum atomic E-state index is 9.64. The Bertz CT molecular complexity index is 383. The van der Waals surface area contributed by atoms with Crippen LogP contribution in [0, 0.1) is 13.8 Å². The molecule has 0 heterocycles. The fourth-order valence-electron chi connectivity index (χ4n) is 1.71. The van der Waals surface area contributed by atoms with Crippen LogP contribution in [0.4, 0.5) is 5.69 Å². The van der Waals surface area contributed by atoms with E-state index in [0.717, 1.165) is 16.8 Å². The summed E-state index contributed by atoms with van der Waals surface area (Å²) in [6.45, 7) is 3.46. The van der Waals surface area contributed by atoms with Crippen LogP contribution in [0.25, 0.3) is 0 Å². The third kappa shape index (κ3) is 3.96. The molecule has 102 valence electrons. The molecule has 0 bridgehead atoms. The molecular formula is C13H21NO4. The summed E-state index contributed by atoms with van der Waals surface area (Å²) >= 11 is 0. The van der Waals surface area contributed by atoms with E-state index in [9.17, 15) is 15.3 Å². The van der Waals surface area contributed by atoms with Crippen molar-refractivity contribution < 1.29 is 20.4 Å². The highest BCUT2D eigenvalue weighted by atomic mass is 16.4. The topological polar surface area (TPSA) is 93.0 Å². The summed E-state index contributed by atoms with van der Waals surface area (Å²) in [4.78, 5) is 0. The number of aliphatic hydroxyl groups excluding tert-OH is 4. The third-order valence-corrected chi connectivity index (χ3v) is 2.86. The van der Waals surface area contributed by atoms with Crippen molar-refractivity contribution >= 4 is 5.69 Å². The molecule has 5 heteroatoms. The number of hydrogen-bond donors (Lipinski definition) is 5. The molecule has 1 aromatic rings. The van der Waals surface area contributed by atoms with E-state index in [0.29, 0.717) is 0 Å². The summed E-state index contributed by atoms with van der Waals surface area (Å²) < 4.78 is 0. The van der Waals surface area contributed by atoms with Gasteiger partial charge in [-0.05, 0) is 25.5 Å². The Hall–Kier alpha value is -1.14. The van der Waals surface area contributed by atoms with Crippen LogP contribution in [0.5, 0.6) is 0 Å². The first-order chi connectivity index (χ1) is 8.45. The van der Waals surface area contributed by atoms with Crippen LogP contribution in [0.3, 0.4) is 0 Å². The fraction of sp³-hybridized carbons (Fsp3) is 0.538. The van der Waals surface area contributed by atoms with Gasteiger partial charge in [-0.15, -0.1) is 0 Å². The lowest BCUT2D eigenvalue weighted by atomic mass is 10.1. The maximum Gasteiger partial charge on any atom is 0.110 e. The number of benzene rings is 1. The number of aliphatic hydroxyl groups is 4. The third-order valence-electron chi connectivity index (χ3n) is 2.86. The van der Waals surface area contributed by atoms with Crippen LogP contribution in [-0.2, 0) is 0 Å². The minimum absolute atomic E-state index is 0.0993. The Morgan fingerprint density at radius 3 is 2.33 bits per heavy atom. The van der Waals surface area contributed by atoms with E-state index in [-0.39, 0.29) is 6.54 Å². The quantitative estimate of drug-likeness (QED) is 0.485. The second kappa shape index (κ2) is 6.70. The van der Waals surface area contributed by atoms with E-state index in [2.05, 4.69) is 5.32 Å². The van der Waals surface area contributed by atoms with Crippen molar-refractivity contribution in [3.63, 3.8) is 0 Å². The van der Waals surface area contributed by atoms with Crippen molar-refractivity contribution in [2.75, 3.05) is 18.5 Å². The molecule has 0 amide bonds. The van der Waals surface area contributed by atoms with Crippen molar-refractivity contribution in [1.82, 2.24) is 0 Å². The van der Waals surface area contributed by atoms with Crippen LogP contribution in [0.15, 0.2) is 18.2 Å². The largest absolute Gasteiger partial charge is 0.394 e. The molecule has 5 N–H and O–H groups in total. The van der Waals surface area contributed by atoms with E-state index < -0.39 is 24.9 Å². The van der Waals surface area contributed by atoms with Crippen LogP contribution in [0.2, 0.25) is 0 Å². The zero-order valence-electron chi connectivity index (χ0n) is 10.7. The highest BCUT2D eigenvalue weighted by molar-refractivity contribution is 5.51. The zero-order valence-corrected chi connectivity index (χ0v) is 10.7. The lowest BCUT2D eigenvalue weighted by molar-refractivity contribution is -0.0715. The van der Waals surface area contributed by atoms with Gasteiger partial charge in [0.2, 0.25) is 0 Å². The second-order valence-electron chi connectivity index (χ2n) is 4.51. The molecule has 3 atom stereocenters. The van der Waals surface area contributed by atoms with Gasteiger partial charge >= 0.3 is 0 Å². The molecule has 0 spiro atoms. The molecule has 0 fully saturated rings. The van der Waals surface area contributed by atoms with Gasteiger partial charge in [0.05, 0.1) is 12.7 Å². The van der Waals surface area contributed by atoms with Crippen molar-refractivity contribution in [2.45, 2.75) is 32.2 Å². The van der Waals surface area contributed by atoms with Gasteiger partial charge < -0.3 is 25.7 Å². The first-order valence-corrected chi connectivity index (χ1v) is 5.92. The molecule has 1 rings (SSSR count). The standard InChI is InChI=1S/C13H21NO4/c1-8-3-4-10(9(2)5-8)14-6-11(16)13(18)12(17)7-15/h3-5,11-18H,6-7H2,1-2H3/t11-,12-,13-/m1/s1. The maximum absolute atomic E-state index is 9.64. The van der Waals surface area contributed by atoms with E-state index >= 15 is 0 Å². The van der Waals surface area contributed by atoms with Crippen LogP contribution < -0.4 is 5.32 Å². The summed E-state index contributed by atoms with van der Waals surface area (Å²) in [5.74, 6) is 0. The number of rotatable bonds is 6. The summed E-state index contributed by atoms with van der Waals surface area (Å²) in [6, 6.07) is 5.85. The van der Waals surface area contributed by atoms with Crippen LogP contribution in [-0.4, -0.2) is 51.9 Å². The predicted molar refractivity (Wildman–Crippen MR) is 69.5 cm³/mol. The van der Waals surface area contributed by atoms with Gasteiger partial charge in [-0.3, -0.25) is 0 Å². The van der Waals surface area contributed by atoms with Crippen molar-refractivity contribution in [2.24, 2.45) is 0 Å². The number of anilines is 1. The molecular weight excluding hydrogens is 234 g/mol. The van der Waals surface area contributed by atoms with E-state index in [1.165, 1.54) is 0 Å². The molecule has 1 aromatic carbocycles. The molecule has 0 radical (unpaired) electrons. The smallest absolute Gasteiger partial charge is 0.110 e. The second-order valence-corrected chi connectivity index (χ2v) is 4.51. The molecule has 0 aliphatic rings. The molecule has 18 heavy (non-hydrogen) atoms. The van der Waals surface area contributed by atoms with Gasteiger partial charge in [0.1, 0.15) is 12.2 Å².